The monoisotopic (exact) mass is 242 g/mol. The van der Waals surface area contributed by atoms with E-state index in [1.54, 1.807) is 0 Å². The number of carbonyl (C=O) groups excluding carboxylic acids is 1. The van der Waals surface area contributed by atoms with Crippen molar-refractivity contribution in [3.05, 3.63) is 29.8 Å². The number of terminal acetylenes is 1. The highest BCUT2D eigenvalue weighted by Gasteiger charge is 2.19. The largest absolute Gasteiger partial charge is 0.374 e. The minimum absolute atomic E-state index is 0.108. The third kappa shape index (κ3) is 2.61. The fourth-order valence-electron chi connectivity index (χ4n) is 1.73. The van der Waals surface area contributed by atoms with Crippen LogP contribution in [0.15, 0.2) is 29.4 Å². The van der Waals surface area contributed by atoms with Gasteiger partial charge in [-0.25, -0.2) is 10.2 Å². The van der Waals surface area contributed by atoms with Crippen LogP contribution in [0.5, 0.6) is 0 Å². The second-order valence-electron chi connectivity index (χ2n) is 3.94. The van der Waals surface area contributed by atoms with Crippen LogP contribution in [-0.4, -0.2) is 24.3 Å². The van der Waals surface area contributed by atoms with Gasteiger partial charge in [0.1, 0.15) is 0 Å². The van der Waals surface area contributed by atoms with Crippen LogP contribution in [0.3, 0.4) is 0 Å². The van der Waals surface area contributed by atoms with E-state index in [-0.39, 0.29) is 12.1 Å². The maximum atomic E-state index is 11.1. The highest BCUT2D eigenvalue weighted by molar-refractivity contribution is 6.07. The number of carbonyl (C=O) groups is 1. The van der Waals surface area contributed by atoms with Crippen LogP contribution in [0.1, 0.15) is 12.5 Å². The maximum Gasteiger partial charge on any atom is 0.335 e. The first-order valence-corrected chi connectivity index (χ1v) is 5.62. The molecule has 0 aliphatic carbocycles. The van der Waals surface area contributed by atoms with Gasteiger partial charge in [0.2, 0.25) is 0 Å². The summed E-state index contributed by atoms with van der Waals surface area (Å²) in [6, 6.07) is 7.35. The molecular weight excluding hydrogens is 228 g/mol. The lowest BCUT2D eigenvalue weighted by Gasteiger charge is -2.21. The molecule has 5 nitrogen and oxygen atoms in total. The summed E-state index contributed by atoms with van der Waals surface area (Å²) in [4.78, 5) is 11.1. The molecule has 0 fully saturated rings. The number of anilines is 1. The van der Waals surface area contributed by atoms with Crippen LogP contribution in [0.2, 0.25) is 0 Å². The van der Waals surface area contributed by atoms with Crippen molar-refractivity contribution < 1.29 is 4.79 Å². The standard InChI is InChI=1S/C13H14N4O/c1-3-8-14-11-6-4-10(5-7-11)12-9(2)15-13(18)17-16-12/h1,4-7,9,14H,8H2,2H3,(H2,15,17,18). The predicted molar refractivity (Wildman–Crippen MR) is 71.4 cm³/mol. The summed E-state index contributed by atoms with van der Waals surface area (Å²) in [5, 5.41) is 9.89. The lowest BCUT2D eigenvalue weighted by molar-refractivity contribution is 0.239. The first kappa shape index (κ1) is 12.0. The second-order valence-corrected chi connectivity index (χ2v) is 3.94. The van der Waals surface area contributed by atoms with Gasteiger partial charge in [-0.1, -0.05) is 18.1 Å². The Morgan fingerprint density at radius 1 is 1.44 bits per heavy atom. The molecule has 1 heterocycles. The molecule has 18 heavy (non-hydrogen) atoms. The van der Waals surface area contributed by atoms with E-state index in [0.717, 1.165) is 17.0 Å². The minimum atomic E-state index is -0.279. The summed E-state index contributed by atoms with van der Waals surface area (Å²) < 4.78 is 0. The van der Waals surface area contributed by atoms with Gasteiger partial charge in [0.25, 0.3) is 0 Å². The molecule has 2 amide bonds. The van der Waals surface area contributed by atoms with Crippen LogP contribution >= 0.6 is 0 Å². The molecule has 1 aromatic carbocycles. The predicted octanol–water partition coefficient (Wildman–Crippen LogP) is 1.14. The first-order chi connectivity index (χ1) is 8.70. The molecule has 0 radical (unpaired) electrons. The molecule has 1 atom stereocenters. The maximum absolute atomic E-state index is 11.1. The van der Waals surface area contributed by atoms with E-state index in [9.17, 15) is 4.79 Å². The molecule has 0 bridgehead atoms. The molecule has 1 unspecified atom stereocenters. The molecule has 1 aliphatic rings. The van der Waals surface area contributed by atoms with Crippen molar-refractivity contribution in [2.45, 2.75) is 13.0 Å². The van der Waals surface area contributed by atoms with Crippen molar-refractivity contribution in [3.8, 4) is 12.3 Å². The van der Waals surface area contributed by atoms with Gasteiger partial charge in [-0.15, -0.1) is 6.42 Å². The summed E-state index contributed by atoms with van der Waals surface area (Å²) in [7, 11) is 0. The average molecular weight is 242 g/mol. The van der Waals surface area contributed by atoms with Crippen molar-refractivity contribution >= 4 is 17.4 Å². The Kier molecular flexibility index (Phi) is 3.49. The van der Waals surface area contributed by atoms with E-state index in [1.807, 2.05) is 31.2 Å². The lowest BCUT2D eigenvalue weighted by Crippen LogP contribution is -2.48. The summed E-state index contributed by atoms with van der Waals surface area (Å²) in [5.41, 5.74) is 5.13. The zero-order valence-electron chi connectivity index (χ0n) is 10.0. The van der Waals surface area contributed by atoms with Gasteiger partial charge in [0.05, 0.1) is 18.3 Å². The highest BCUT2D eigenvalue weighted by Crippen LogP contribution is 2.12. The van der Waals surface area contributed by atoms with Crippen LogP contribution < -0.4 is 16.1 Å². The van der Waals surface area contributed by atoms with Gasteiger partial charge in [-0.3, -0.25) is 0 Å². The number of hydrogen-bond donors (Lipinski definition) is 3. The summed E-state index contributed by atoms with van der Waals surface area (Å²) >= 11 is 0. The Balaban J connectivity index is 2.15. The molecule has 0 spiro atoms. The van der Waals surface area contributed by atoms with Crippen LogP contribution in [0, 0.1) is 12.3 Å². The van der Waals surface area contributed by atoms with Crippen molar-refractivity contribution in [1.82, 2.24) is 10.7 Å². The summed E-state index contributed by atoms with van der Waals surface area (Å²) in [6.45, 7) is 2.39. The van der Waals surface area contributed by atoms with Gasteiger partial charge >= 0.3 is 6.03 Å². The molecule has 2 rings (SSSR count). The van der Waals surface area contributed by atoms with Crippen LogP contribution in [0.25, 0.3) is 0 Å². The molecule has 1 aromatic rings. The lowest BCUT2D eigenvalue weighted by atomic mass is 10.0. The normalized spacial score (nSPS) is 18.1. The van der Waals surface area contributed by atoms with E-state index in [4.69, 9.17) is 6.42 Å². The first-order valence-electron chi connectivity index (χ1n) is 5.62. The molecular formula is C13H14N4O. The number of hydrogen-bond acceptors (Lipinski definition) is 3. The topological polar surface area (TPSA) is 65.5 Å². The molecule has 1 aliphatic heterocycles. The third-order valence-corrected chi connectivity index (χ3v) is 2.61. The van der Waals surface area contributed by atoms with Crippen LogP contribution in [-0.2, 0) is 0 Å². The van der Waals surface area contributed by atoms with Crippen molar-refractivity contribution in [2.24, 2.45) is 5.10 Å². The molecule has 92 valence electrons. The van der Waals surface area contributed by atoms with Gasteiger partial charge in [-0.2, -0.15) is 5.10 Å². The number of nitrogens with zero attached hydrogens (tertiary/aromatic N) is 1. The number of rotatable bonds is 3. The van der Waals surface area contributed by atoms with Crippen molar-refractivity contribution in [3.63, 3.8) is 0 Å². The van der Waals surface area contributed by atoms with Gasteiger partial charge in [-0.05, 0) is 19.1 Å². The molecule has 0 saturated carbocycles. The minimum Gasteiger partial charge on any atom is -0.374 e. The SMILES string of the molecule is C#CCNc1ccc(C2=NNC(=O)NC2C)cc1. The van der Waals surface area contributed by atoms with Gasteiger partial charge in [0, 0.05) is 11.3 Å². The van der Waals surface area contributed by atoms with E-state index in [2.05, 4.69) is 27.1 Å². The van der Waals surface area contributed by atoms with E-state index in [0.29, 0.717) is 6.54 Å². The number of hydrazone groups is 1. The zero-order valence-corrected chi connectivity index (χ0v) is 10.0. The van der Waals surface area contributed by atoms with Gasteiger partial charge in [0.15, 0.2) is 0 Å². The molecule has 3 N–H and O–H groups in total. The Hall–Kier alpha value is -2.48. The summed E-state index contributed by atoms with van der Waals surface area (Å²) in [6.07, 6.45) is 5.17. The van der Waals surface area contributed by atoms with Crippen LogP contribution in [0.4, 0.5) is 10.5 Å². The molecule has 0 aromatic heterocycles. The van der Waals surface area contributed by atoms with E-state index in [1.165, 1.54) is 0 Å². The number of amides is 2. The summed E-state index contributed by atoms with van der Waals surface area (Å²) in [5.74, 6) is 2.51. The Morgan fingerprint density at radius 2 is 2.17 bits per heavy atom. The fourth-order valence-corrected chi connectivity index (χ4v) is 1.73. The number of urea groups is 1. The third-order valence-electron chi connectivity index (χ3n) is 2.61. The molecule has 5 heteroatoms. The quantitative estimate of drug-likeness (QED) is 0.696. The fraction of sp³-hybridized carbons (Fsp3) is 0.231. The van der Waals surface area contributed by atoms with Crippen molar-refractivity contribution in [2.75, 3.05) is 11.9 Å². The zero-order chi connectivity index (χ0) is 13.0. The molecule has 0 saturated heterocycles. The Labute approximate surface area is 106 Å². The number of benzene rings is 1. The average Bonchev–Trinajstić information content (AvgIpc) is 2.37. The Bertz CT molecular complexity index is 513. The van der Waals surface area contributed by atoms with Gasteiger partial charge < -0.3 is 10.6 Å². The smallest absolute Gasteiger partial charge is 0.335 e. The second kappa shape index (κ2) is 5.23. The Morgan fingerprint density at radius 3 is 2.78 bits per heavy atom. The van der Waals surface area contributed by atoms with Crippen molar-refractivity contribution in [1.29, 1.82) is 0 Å². The highest BCUT2D eigenvalue weighted by atomic mass is 16.2. The van der Waals surface area contributed by atoms with E-state index >= 15 is 0 Å². The number of nitrogens with one attached hydrogen (secondary N) is 3. The van der Waals surface area contributed by atoms with E-state index < -0.39 is 0 Å².